The van der Waals surface area contributed by atoms with Gasteiger partial charge in [0.2, 0.25) is 5.43 Å². The zero-order chi connectivity index (χ0) is 18.6. The minimum atomic E-state index is -1.32. The zero-order valence-electron chi connectivity index (χ0n) is 14.5. The third-order valence-corrected chi connectivity index (χ3v) is 5.29. The van der Waals surface area contributed by atoms with Gasteiger partial charge in [0.05, 0.1) is 22.3 Å². The summed E-state index contributed by atoms with van der Waals surface area (Å²) in [7, 11) is 2.01. The van der Waals surface area contributed by atoms with Gasteiger partial charge in [-0.05, 0) is 26.0 Å². The second-order valence-electron chi connectivity index (χ2n) is 7.12. The third-order valence-electron chi connectivity index (χ3n) is 5.29. The number of halogens is 1. The lowest BCUT2D eigenvalue weighted by atomic mass is 10.1. The summed E-state index contributed by atoms with van der Waals surface area (Å²) in [5.41, 5.74) is 5.51. The van der Waals surface area contributed by atoms with Crippen LogP contribution in [0.4, 0.5) is 15.8 Å². The van der Waals surface area contributed by atoms with Gasteiger partial charge >= 0.3 is 5.97 Å². The van der Waals surface area contributed by atoms with E-state index >= 15 is 0 Å². The van der Waals surface area contributed by atoms with Crippen LogP contribution in [-0.4, -0.2) is 53.8 Å². The summed E-state index contributed by atoms with van der Waals surface area (Å²) >= 11 is 0. The van der Waals surface area contributed by atoms with Gasteiger partial charge in [0.15, 0.2) is 5.82 Å². The number of pyridine rings is 1. The summed E-state index contributed by atoms with van der Waals surface area (Å²) in [6.07, 6.45) is 3.17. The number of benzene rings is 1. The van der Waals surface area contributed by atoms with Crippen LogP contribution in [0, 0.1) is 5.82 Å². The number of nitrogens with two attached hydrogens (primary N) is 1. The SMILES string of the molecule is CN1CCN(c2cc3c(c(N)c2F)c(=O)c(C(=O)O)cn3C2CC2)CC1. The van der Waals surface area contributed by atoms with Crippen LogP contribution in [0.1, 0.15) is 29.2 Å². The van der Waals surface area contributed by atoms with Crippen molar-refractivity contribution in [1.82, 2.24) is 9.47 Å². The first-order valence-electron chi connectivity index (χ1n) is 8.72. The molecule has 1 aliphatic heterocycles. The lowest BCUT2D eigenvalue weighted by Gasteiger charge is -2.34. The molecule has 2 fully saturated rings. The van der Waals surface area contributed by atoms with Crippen LogP contribution in [0.15, 0.2) is 17.1 Å². The fourth-order valence-electron chi connectivity index (χ4n) is 3.58. The average molecular weight is 360 g/mol. The molecule has 138 valence electrons. The van der Waals surface area contributed by atoms with Crippen LogP contribution in [0.2, 0.25) is 0 Å². The second-order valence-corrected chi connectivity index (χ2v) is 7.12. The number of carboxylic acids is 1. The highest BCUT2D eigenvalue weighted by atomic mass is 19.1. The maximum atomic E-state index is 15.0. The van der Waals surface area contributed by atoms with Crippen LogP contribution < -0.4 is 16.1 Å². The maximum absolute atomic E-state index is 15.0. The Bertz CT molecular complexity index is 959. The molecule has 0 amide bonds. The van der Waals surface area contributed by atoms with Gasteiger partial charge in [-0.1, -0.05) is 0 Å². The predicted octanol–water partition coefficient (Wildman–Crippen LogP) is 1.51. The van der Waals surface area contributed by atoms with Crippen LogP contribution in [0.3, 0.4) is 0 Å². The Hall–Kier alpha value is -2.61. The molecule has 8 heteroatoms. The number of anilines is 2. The molecule has 2 aliphatic rings. The number of hydrogen-bond acceptors (Lipinski definition) is 5. The Balaban J connectivity index is 1.96. The van der Waals surface area contributed by atoms with E-state index in [2.05, 4.69) is 4.90 Å². The normalized spacial score (nSPS) is 18.5. The van der Waals surface area contributed by atoms with Gasteiger partial charge in [-0.2, -0.15) is 0 Å². The van der Waals surface area contributed by atoms with Gasteiger partial charge in [-0.15, -0.1) is 0 Å². The number of nitrogens with zero attached hydrogens (tertiary/aromatic N) is 3. The van der Waals surface area contributed by atoms with Crippen molar-refractivity contribution in [3.63, 3.8) is 0 Å². The smallest absolute Gasteiger partial charge is 0.341 e. The number of rotatable bonds is 3. The van der Waals surface area contributed by atoms with E-state index in [1.54, 1.807) is 10.6 Å². The predicted molar refractivity (Wildman–Crippen MR) is 97.5 cm³/mol. The first kappa shape index (κ1) is 16.8. The van der Waals surface area contributed by atoms with E-state index in [9.17, 15) is 19.1 Å². The number of hydrogen-bond donors (Lipinski definition) is 2. The van der Waals surface area contributed by atoms with E-state index in [0.717, 1.165) is 25.9 Å². The van der Waals surface area contributed by atoms with E-state index in [4.69, 9.17) is 5.73 Å². The molecule has 1 aliphatic carbocycles. The monoisotopic (exact) mass is 360 g/mol. The second kappa shape index (κ2) is 5.98. The van der Waals surface area contributed by atoms with Gasteiger partial charge in [-0.3, -0.25) is 4.79 Å². The van der Waals surface area contributed by atoms with E-state index in [1.807, 2.05) is 11.9 Å². The molecule has 4 rings (SSSR count). The lowest BCUT2D eigenvalue weighted by molar-refractivity contribution is 0.0695. The van der Waals surface area contributed by atoms with E-state index < -0.39 is 17.2 Å². The van der Waals surface area contributed by atoms with Crippen molar-refractivity contribution in [3.8, 4) is 0 Å². The molecule has 2 aromatic rings. The van der Waals surface area contributed by atoms with E-state index in [-0.39, 0.29) is 22.7 Å². The van der Waals surface area contributed by atoms with Gasteiger partial charge in [-0.25, -0.2) is 9.18 Å². The molecule has 26 heavy (non-hydrogen) atoms. The Morgan fingerprint density at radius 2 is 1.92 bits per heavy atom. The molecule has 1 aromatic heterocycles. The molecule has 0 unspecified atom stereocenters. The molecule has 0 bridgehead atoms. The molecule has 0 spiro atoms. The molecule has 0 atom stereocenters. The van der Waals surface area contributed by atoms with E-state index in [1.165, 1.54) is 6.20 Å². The molecular formula is C18H21FN4O3. The van der Waals surface area contributed by atoms with E-state index in [0.29, 0.717) is 24.3 Å². The fourth-order valence-corrected chi connectivity index (χ4v) is 3.58. The number of carbonyl (C=O) groups is 1. The summed E-state index contributed by atoms with van der Waals surface area (Å²) in [5.74, 6) is -1.97. The van der Waals surface area contributed by atoms with Crippen molar-refractivity contribution >= 4 is 28.2 Å². The van der Waals surface area contributed by atoms with Gasteiger partial charge in [0.25, 0.3) is 0 Å². The molecule has 1 saturated carbocycles. The number of piperazine rings is 1. The molecule has 0 radical (unpaired) electrons. The Morgan fingerprint density at radius 1 is 1.27 bits per heavy atom. The molecule has 1 saturated heterocycles. The number of nitrogen functional groups attached to an aromatic ring is 1. The number of aromatic carboxylic acids is 1. The van der Waals surface area contributed by atoms with Crippen molar-refractivity contribution in [3.05, 3.63) is 33.9 Å². The van der Waals surface area contributed by atoms with Crippen molar-refractivity contribution in [1.29, 1.82) is 0 Å². The first-order chi connectivity index (χ1) is 12.4. The van der Waals surface area contributed by atoms with Crippen LogP contribution >= 0.6 is 0 Å². The summed E-state index contributed by atoms with van der Waals surface area (Å²) in [6, 6.07) is 1.78. The number of aromatic nitrogens is 1. The highest BCUT2D eigenvalue weighted by molar-refractivity contribution is 5.99. The topological polar surface area (TPSA) is 91.8 Å². The van der Waals surface area contributed by atoms with Crippen LogP contribution in [-0.2, 0) is 0 Å². The first-order valence-corrected chi connectivity index (χ1v) is 8.72. The summed E-state index contributed by atoms with van der Waals surface area (Å²) in [4.78, 5) is 28.1. The maximum Gasteiger partial charge on any atom is 0.341 e. The minimum Gasteiger partial charge on any atom is -0.477 e. The molecule has 2 heterocycles. The highest BCUT2D eigenvalue weighted by Crippen LogP contribution is 2.39. The van der Waals surface area contributed by atoms with Gasteiger partial charge in [0, 0.05) is 38.4 Å². The molecular weight excluding hydrogens is 339 g/mol. The molecule has 3 N–H and O–H groups in total. The average Bonchev–Trinajstić information content (AvgIpc) is 3.43. The third kappa shape index (κ3) is 2.61. The standard InChI is InChI=1S/C18H21FN4O3/c1-21-4-6-22(7-5-21)13-8-12-14(16(20)15(13)19)17(24)11(18(25)26)9-23(12)10-2-3-10/h8-10H,2-7,20H2,1H3,(H,25,26). The summed E-state index contributed by atoms with van der Waals surface area (Å²) in [5, 5.41) is 9.30. The summed E-state index contributed by atoms with van der Waals surface area (Å²) in [6.45, 7) is 2.95. The van der Waals surface area contributed by atoms with Gasteiger partial charge in [0.1, 0.15) is 5.56 Å². The highest BCUT2D eigenvalue weighted by Gasteiger charge is 2.29. The Morgan fingerprint density at radius 3 is 2.50 bits per heavy atom. The lowest BCUT2D eigenvalue weighted by Crippen LogP contribution is -2.45. The zero-order valence-corrected chi connectivity index (χ0v) is 14.5. The molecule has 1 aromatic carbocycles. The number of likely N-dealkylation sites (N-methyl/N-ethyl adjacent to an activating group) is 1. The number of fused-ring (bicyclic) bond motifs is 1. The largest absolute Gasteiger partial charge is 0.477 e. The van der Waals surface area contributed by atoms with Crippen LogP contribution in [0.25, 0.3) is 10.9 Å². The fraction of sp³-hybridized carbons (Fsp3) is 0.444. The minimum absolute atomic E-state index is 0.0350. The van der Waals surface area contributed by atoms with Crippen molar-refractivity contribution in [2.45, 2.75) is 18.9 Å². The molecule has 7 nitrogen and oxygen atoms in total. The van der Waals surface area contributed by atoms with Crippen molar-refractivity contribution in [2.24, 2.45) is 0 Å². The van der Waals surface area contributed by atoms with Crippen molar-refractivity contribution < 1.29 is 14.3 Å². The summed E-state index contributed by atoms with van der Waals surface area (Å²) < 4.78 is 16.8. The Labute approximate surface area is 149 Å². The van der Waals surface area contributed by atoms with Crippen molar-refractivity contribution in [2.75, 3.05) is 43.9 Å². The Kier molecular flexibility index (Phi) is 3.87. The van der Waals surface area contributed by atoms with Crippen LogP contribution in [0.5, 0.6) is 0 Å². The number of carboxylic acid groups (broad SMARTS) is 1. The van der Waals surface area contributed by atoms with Gasteiger partial charge < -0.3 is 25.2 Å². The quantitative estimate of drug-likeness (QED) is 0.806.